The van der Waals surface area contributed by atoms with E-state index < -0.39 is 0 Å². The molecule has 0 amide bonds. The fourth-order valence-electron chi connectivity index (χ4n) is 3.15. The number of nitrogens with zero attached hydrogens (tertiary/aromatic N) is 4. The van der Waals surface area contributed by atoms with Crippen LogP contribution in [0, 0.1) is 0 Å². The Morgan fingerprint density at radius 2 is 1.93 bits per heavy atom. The van der Waals surface area contributed by atoms with Gasteiger partial charge in [-0.05, 0) is 50.8 Å². The monoisotopic (exact) mass is 376 g/mol. The molecule has 0 spiro atoms. The molecule has 0 unspecified atom stereocenters. The van der Waals surface area contributed by atoms with Gasteiger partial charge in [-0.15, -0.1) is 0 Å². The second-order valence-corrected chi connectivity index (χ2v) is 7.12. The first-order chi connectivity index (χ1) is 13.6. The molecule has 28 heavy (non-hydrogen) atoms. The molecule has 6 nitrogen and oxygen atoms in total. The van der Waals surface area contributed by atoms with E-state index in [0.29, 0.717) is 6.61 Å². The number of aryl methyl sites for hydroxylation is 1. The molecule has 6 heteroatoms. The summed E-state index contributed by atoms with van der Waals surface area (Å²) in [5.74, 6) is 1.66. The Kier molecular flexibility index (Phi) is 5.12. The SMILES string of the molecule is CN(C)CCCOc1ccc(-c2cc3nccc(-c4cnn(C)c4)c3o2)cc1. The number of benzene rings is 1. The number of aromatic nitrogens is 3. The molecular weight excluding hydrogens is 352 g/mol. The largest absolute Gasteiger partial charge is 0.494 e. The normalized spacial score (nSPS) is 11.4. The molecule has 0 bridgehead atoms. The highest BCUT2D eigenvalue weighted by molar-refractivity contribution is 5.92. The number of ether oxygens (including phenoxy) is 1. The third kappa shape index (κ3) is 3.92. The third-order valence-electron chi connectivity index (χ3n) is 4.59. The van der Waals surface area contributed by atoms with Crippen LogP contribution in [0.15, 0.2) is 59.4 Å². The maximum Gasteiger partial charge on any atom is 0.161 e. The van der Waals surface area contributed by atoms with Gasteiger partial charge in [-0.3, -0.25) is 9.67 Å². The molecular formula is C22H24N4O2. The Hall–Kier alpha value is -3.12. The number of furan rings is 1. The molecule has 4 aromatic rings. The van der Waals surface area contributed by atoms with Crippen molar-refractivity contribution in [1.82, 2.24) is 19.7 Å². The van der Waals surface area contributed by atoms with Crippen molar-refractivity contribution in [2.45, 2.75) is 6.42 Å². The quantitative estimate of drug-likeness (QED) is 0.452. The first-order valence-electron chi connectivity index (χ1n) is 9.36. The maximum absolute atomic E-state index is 6.17. The smallest absolute Gasteiger partial charge is 0.161 e. The van der Waals surface area contributed by atoms with E-state index in [9.17, 15) is 0 Å². The van der Waals surface area contributed by atoms with E-state index in [0.717, 1.165) is 52.3 Å². The number of fused-ring (bicyclic) bond motifs is 1. The Morgan fingerprint density at radius 1 is 1.11 bits per heavy atom. The minimum absolute atomic E-state index is 0.709. The summed E-state index contributed by atoms with van der Waals surface area (Å²) in [6.45, 7) is 1.73. The van der Waals surface area contributed by atoms with E-state index in [2.05, 4.69) is 29.1 Å². The molecule has 3 aromatic heterocycles. The number of hydrogen-bond acceptors (Lipinski definition) is 5. The van der Waals surface area contributed by atoms with Gasteiger partial charge in [-0.25, -0.2) is 0 Å². The molecule has 0 aliphatic rings. The maximum atomic E-state index is 6.17. The van der Waals surface area contributed by atoms with Gasteiger partial charge in [0.1, 0.15) is 17.0 Å². The Bertz CT molecular complexity index is 1060. The van der Waals surface area contributed by atoms with Crippen LogP contribution >= 0.6 is 0 Å². The number of pyridine rings is 1. The van der Waals surface area contributed by atoms with E-state index >= 15 is 0 Å². The predicted molar refractivity (Wildman–Crippen MR) is 110 cm³/mol. The van der Waals surface area contributed by atoms with Crippen LogP contribution in [-0.4, -0.2) is 46.9 Å². The zero-order valence-electron chi connectivity index (χ0n) is 16.4. The highest BCUT2D eigenvalue weighted by Crippen LogP contribution is 2.33. The molecule has 0 aliphatic heterocycles. The molecule has 4 rings (SSSR count). The van der Waals surface area contributed by atoms with Crippen molar-refractivity contribution in [3.8, 4) is 28.2 Å². The Labute approximate surface area is 164 Å². The molecule has 0 aliphatic carbocycles. The van der Waals surface area contributed by atoms with Crippen molar-refractivity contribution in [2.24, 2.45) is 7.05 Å². The molecule has 0 saturated heterocycles. The van der Waals surface area contributed by atoms with Gasteiger partial charge < -0.3 is 14.1 Å². The van der Waals surface area contributed by atoms with E-state index in [4.69, 9.17) is 9.15 Å². The molecule has 144 valence electrons. The topological polar surface area (TPSA) is 56.3 Å². The van der Waals surface area contributed by atoms with Crippen LogP contribution in [0.4, 0.5) is 0 Å². The van der Waals surface area contributed by atoms with Crippen molar-refractivity contribution < 1.29 is 9.15 Å². The highest BCUT2D eigenvalue weighted by Gasteiger charge is 2.13. The van der Waals surface area contributed by atoms with Gasteiger partial charge in [-0.1, -0.05) is 0 Å². The molecule has 0 fully saturated rings. The van der Waals surface area contributed by atoms with Gasteiger partial charge >= 0.3 is 0 Å². The summed E-state index contributed by atoms with van der Waals surface area (Å²) in [5, 5.41) is 4.25. The summed E-state index contributed by atoms with van der Waals surface area (Å²) in [7, 11) is 6.03. The van der Waals surface area contributed by atoms with E-state index in [-0.39, 0.29) is 0 Å². The van der Waals surface area contributed by atoms with E-state index in [1.807, 2.05) is 55.8 Å². The zero-order valence-corrected chi connectivity index (χ0v) is 16.4. The van der Waals surface area contributed by atoms with Crippen LogP contribution in [0.3, 0.4) is 0 Å². The van der Waals surface area contributed by atoms with Crippen molar-refractivity contribution in [3.63, 3.8) is 0 Å². The number of rotatable bonds is 7. The number of hydrogen-bond donors (Lipinski definition) is 0. The van der Waals surface area contributed by atoms with E-state index in [1.165, 1.54) is 0 Å². The fraction of sp³-hybridized carbons (Fsp3) is 0.273. The molecule has 0 saturated carbocycles. The lowest BCUT2D eigenvalue weighted by molar-refractivity contribution is 0.281. The van der Waals surface area contributed by atoms with Crippen LogP contribution in [0.1, 0.15) is 6.42 Å². The van der Waals surface area contributed by atoms with Crippen LogP contribution in [0.2, 0.25) is 0 Å². The summed E-state index contributed by atoms with van der Waals surface area (Å²) >= 11 is 0. The zero-order chi connectivity index (χ0) is 19.5. The predicted octanol–water partition coefficient (Wildman–Crippen LogP) is 4.23. The average molecular weight is 376 g/mol. The summed E-state index contributed by atoms with van der Waals surface area (Å²) in [4.78, 5) is 6.61. The summed E-state index contributed by atoms with van der Waals surface area (Å²) in [6, 6.07) is 11.9. The van der Waals surface area contributed by atoms with Crippen molar-refractivity contribution >= 4 is 11.1 Å². The van der Waals surface area contributed by atoms with E-state index in [1.54, 1.807) is 10.9 Å². The highest BCUT2D eigenvalue weighted by atomic mass is 16.5. The first-order valence-corrected chi connectivity index (χ1v) is 9.36. The van der Waals surface area contributed by atoms with Crippen LogP contribution < -0.4 is 4.74 Å². The van der Waals surface area contributed by atoms with Crippen LogP contribution in [0.5, 0.6) is 5.75 Å². The minimum atomic E-state index is 0.709. The lowest BCUT2D eigenvalue weighted by Crippen LogP contribution is -2.15. The van der Waals surface area contributed by atoms with Gasteiger partial charge in [0.15, 0.2) is 5.58 Å². The Balaban J connectivity index is 1.54. The lowest BCUT2D eigenvalue weighted by Gasteiger charge is -2.10. The molecule has 0 radical (unpaired) electrons. The van der Waals surface area contributed by atoms with Crippen LogP contribution in [-0.2, 0) is 7.05 Å². The summed E-state index contributed by atoms with van der Waals surface area (Å²) in [6.07, 6.45) is 6.61. The second-order valence-electron chi connectivity index (χ2n) is 7.12. The lowest BCUT2D eigenvalue weighted by atomic mass is 10.1. The third-order valence-corrected chi connectivity index (χ3v) is 4.59. The fourth-order valence-corrected chi connectivity index (χ4v) is 3.15. The van der Waals surface area contributed by atoms with Crippen LogP contribution in [0.25, 0.3) is 33.6 Å². The first kappa shape index (κ1) is 18.3. The minimum Gasteiger partial charge on any atom is -0.494 e. The molecule has 3 heterocycles. The van der Waals surface area contributed by atoms with Gasteiger partial charge in [-0.2, -0.15) is 5.10 Å². The van der Waals surface area contributed by atoms with Crippen molar-refractivity contribution in [3.05, 3.63) is 55.0 Å². The molecule has 0 N–H and O–H groups in total. The standard InChI is InChI=1S/C22H24N4O2/c1-25(2)11-4-12-27-18-7-5-16(6-8-18)21-13-20-22(28-21)19(9-10-23-20)17-14-24-26(3)15-17/h5-10,13-15H,4,11-12H2,1-3H3. The summed E-state index contributed by atoms with van der Waals surface area (Å²) < 4.78 is 13.8. The van der Waals surface area contributed by atoms with Crippen molar-refractivity contribution in [2.75, 3.05) is 27.2 Å². The summed E-state index contributed by atoms with van der Waals surface area (Å²) in [5.41, 5.74) is 4.60. The Morgan fingerprint density at radius 3 is 2.64 bits per heavy atom. The van der Waals surface area contributed by atoms with Gasteiger partial charge in [0.25, 0.3) is 0 Å². The van der Waals surface area contributed by atoms with Crippen molar-refractivity contribution in [1.29, 1.82) is 0 Å². The second kappa shape index (κ2) is 7.86. The molecule has 1 aromatic carbocycles. The van der Waals surface area contributed by atoms with Gasteiger partial charge in [0.05, 0.1) is 12.8 Å². The van der Waals surface area contributed by atoms with Gasteiger partial charge in [0.2, 0.25) is 0 Å². The average Bonchev–Trinajstić information content (AvgIpc) is 3.31. The molecule has 0 atom stereocenters. The van der Waals surface area contributed by atoms with Gasteiger partial charge in [0, 0.05) is 48.7 Å².